The molecule has 0 saturated carbocycles. The molecule has 38 heavy (non-hydrogen) atoms. The molecule has 2 aromatic heterocycles. The van der Waals surface area contributed by atoms with Crippen LogP contribution in [0.4, 0.5) is 17.2 Å². The van der Waals surface area contributed by atoms with Crippen LogP contribution in [0.3, 0.4) is 0 Å². The van der Waals surface area contributed by atoms with Crippen molar-refractivity contribution in [2.75, 3.05) is 49.0 Å². The van der Waals surface area contributed by atoms with E-state index in [0.717, 1.165) is 81.1 Å². The fourth-order valence-electron chi connectivity index (χ4n) is 5.90. The maximum absolute atomic E-state index is 12.7. The second kappa shape index (κ2) is 10.4. The number of carbonyl (C=O) groups excluding carboxylic acids is 1. The van der Waals surface area contributed by atoms with E-state index in [4.69, 9.17) is 17.7 Å². The number of aliphatic imine (C=N–C) groups is 1. The molecule has 2 radical (unpaired) electrons. The van der Waals surface area contributed by atoms with Gasteiger partial charge in [-0.2, -0.15) is 0 Å². The largest absolute Gasteiger partial charge is 0.474 e. The summed E-state index contributed by atoms with van der Waals surface area (Å²) in [6.07, 6.45) is 8.67. The number of nitrogens with zero attached hydrogens (tertiary/aromatic N) is 7. The zero-order chi connectivity index (χ0) is 26.2. The molecule has 11 heteroatoms. The molecular formula is C27H35BN8O2. The van der Waals surface area contributed by atoms with Crippen molar-refractivity contribution in [2.45, 2.75) is 58.5 Å². The normalized spacial score (nSPS) is 22.5. The molecule has 0 bridgehead atoms. The van der Waals surface area contributed by atoms with E-state index in [2.05, 4.69) is 45.2 Å². The molecule has 2 fully saturated rings. The summed E-state index contributed by atoms with van der Waals surface area (Å²) < 4.78 is 5.72. The minimum absolute atomic E-state index is 0.193. The summed E-state index contributed by atoms with van der Waals surface area (Å²) in [4.78, 5) is 32.9. The number of fused-ring (bicyclic) bond motifs is 3. The highest BCUT2D eigenvalue weighted by molar-refractivity contribution is 6.19. The van der Waals surface area contributed by atoms with Gasteiger partial charge in [0.1, 0.15) is 12.4 Å². The van der Waals surface area contributed by atoms with Gasteiger partial charge >= 0.3 is 0 Å². The van der Waals surface area contributed by atoms with E-state index >= 15 is 0 Å². The zero-order valence-corrected chi connectivity index (χ0v) is 22.3. The molecule has 0 aromatic carbocycles. The van der Waals surface area contributed by atoms with Crippen LogP contribution < -0.4 is 19.9 Å². The number of aromatic nitrogens is 2. The fourth-order valence-corrected chi connectivity index (χ4v) is 5.90. The zero-order valence-electron chi connectivity index (χ0n) is 22.3. The molecule has 6 heterocycles. The lowest BCUT2D eigenvalue weighted by atomic mass is 10.0. The summed E-state index contributed by atoms with van der Waals surface area (Å²) in [6, 6.07) is 2.37. The number of unbranched alkanes of at least 4 members (excludes halogenated alkanes) is 1. The van der Waals surface area contributed by atoms with Gasteiger partial charge in [-0.1, -0.05) is 13.3 Å². The maximum Gasteiger partial charge on any atom is 0.238 e. The molecule has 1 N–H and O–H groups in total. The first kappa shape index (κ1) is 25.0. The SMILES string of the molecule is [B]N1CCOc2ncc(N3CCc4cnc(N=C5CC6CCN(CCCC)C(=O)CN6N5)cc4C3)c(C)c21. The monoisotopic (exact) mass is 514 g/mol. The van der Waals surface area contributed by atoms with Crippen molar-refractivity contribution in [3.63, 3.8) is 0 Å². The smallest absolute Gasteiger partial charge is 0.238 e. The number of amidine groups is 1. The van der Waals surface area contributed by atoms with Crippen LogP contribution in [0.25, 0.3) is 0 Å². The molecule has 6 rings (SSSR count). The summed E-state index contributed by atoms with van der Waals surface area (Å²) in [5, 5.41) is 2.06. The highest BCUT2D eigenvalue weighted by Gasteiger charge is 2.35. The highest BCUT2D eigenvalue weighted by Crippen LogP contribution is 2.38. The summed E-state index contributed by atoms with van der Waals surface area (Å²) in [6.45, 7) is 9.13. The summed E-state index contributed by atoms with van der Waals surface area (Å²) in [5.74, 6) is 2.37. The highest BCUT2D eigenvalue weighted by atomic mass is 16.5. The Labute approximate surface area is 225 Å². The molecule has 10 nitrogen and oxygen atoms in total. The second-order valence-corrected chi connectivity index (χ2v) is 10.6. The molecular weight excluding hydrogens is 479 g/mol. The van der Waals surface area contributed by atoms with E-state index in [1.54, 1.807) is 4.81 Å². The first-order valence-corrected chi connectivity index (χ1v) is 13.8. The predicted molar refractivity (Wildman–Crippen MR) is 148 cm³/mol. The minimum Gasteiger partial charge on any atom is -0.474 e. The third kappa shape index (κ3) is 4.79. The van der Waals surface area contributed by atoms with Crippen molar-refractivity contribution < 1.29 is 9.53 Å². The molecule has 0 spiro atoms. The lowest BCUT2D eigenvalue weighted by Crippen LogP contribution is -2.43. The van der Waals surface area contributed by atoms with E-state index in [1.165, 1.54) is 11.1 Å². The molecule has 1 unspecified atom stereocenters. The topological polar surface area (TPSA) is 89.4 Å². The van der Waals surface area contributed by atoms with Gasteiger partial charge in [-0.3, -0.25) is 4.79 Å². The maximum atomic E-state index is 12.7. The van der Waals surface area contributed by atoms with Gasteiger partial charge in [0, 0.05) is 56.9 Å². The van der Waals surface area contributed by atoms with Crippen LogP contribution in [-0.4, -0.2) is 85.0 Å². The number of hydrogen-bond donors (Lipinski definition) is 1. The summed E-state index contributed by atoms with van der Waals surface area (Å²) in [7, 11) is 6.25. The number of amides is 1. The van der Waals surface area contributed by atoms with E-state index in [1.807, 2.05) is 17.3 Å². The van der Waals surface area contributed by atoms with Crippen LogP contribution in [-0.2, 0) is 17.8 Å². The van der Waals surface area contributed by atoms with Crippen molar-refractivity contribution in [1.29, 1.82) is 0 Å². The number of nitrogens with one attached hydrogen (secondary N) is 1. The van der Waals surface area contributed by atoms with Crippen molar-refractivity contribution in [1.82, 2.24) is 25.3 Å². The first-order valence-electron chi connectivity index (χ1n) is 13.8. The lowest BCUT2D eigenvalue weighted by molar-refractivity contribution is -0.131. The Kier molecular flexibility index (Phi) is 6.86. The minimum atomic E-state index is 0.193. The van der Waals surface area contributed by atoms with E-state index in [0.29, 0.717) is 31.4 Å². The average molecular weight is 514 g/mol. The van der Waals surface area contributed by atoms with E-state index < -0.39 is 0 Å². The van der Waals surface area contributed by atoms with Crippen LogP contribution in [0.1, 0.15) is 49.3 Å². The van der Waals surface area contributed by atoms with Crippen LogP contribution in [0.2, 0.25) is 0 Å². The van der Waals surface area contributed by atoms with Gasteiger partial charge in [-0.25, -0.2) is 20.0 Å². The van der Waals surface area contributed by atoms with E-state index in [9.17, 15) is 4.79 Å². The lowest BCUT2D eigenvalue weighted by Gasteiger charge is -2.35. The molecule has 1 atom stereocenters. The van der Waals surface area contributed by atoms with Crippen molar-refractivity contribution in [2.24, 2.45) is 4.99 Å². The van der Waals surface area contributed by atoms with Gasteiger partial charge in [0.05, 0.1) is 24.1 Å². The number of pyridine rings is 2. The number of rotatable bonds is 5. The second-order valence-electron chi connectivity index (χ2n) is 10.6. The summed E-state index contributed by atoms with van der Waals surface area (Å²) >= 11 is 0. The van der Waals surface area contributed by atoms with Gasteiger partial charge in [0.25, 0.3) is 0 Å². The number of hydrogen-bond acceptors (Lipinski definition) is 8. The summed E-state index contributed by atoms with van der Waals surface area (Å²) in [5.41, 5.74) is 8.89. The number of hydrazine groups is 1. The van der Waals surface area contributed by atoms with Gasteiger partial charge in [0.2, 0.25) is 19.8 Å². The van der Waals surface area contributed by atoms with Gasteiger partial charge in [-0.05, 0) is 43.4 Å². The number of anilines is 2. The Morgan fingerprint density at radius 2 is 2.08 bits per heavy atom. The average Bonchev–Trinajstić information content (AvgIpc) is 3.22. The molecule has 0 aliphatic carbocycles. The molecule has 4 aliphatic heterocycles. The van der Waals surface area contributed by atoms with Crippen molar-refractivity contribution >= 4 is 36.9 Å². The molecule has 4 aliphatic rings. The van der Waals surface area contributed by atoms with E-state index in [-0.39, 0.29) is 11.9 Å². The quantitative estimate of drug-likeness (QED) is 0.609. The fraction of sp³-hybridized carbons (Fsp3) is 0.556. The van der Waals surface area contributed by atoms with Gasteiger partial charge in [-0.15, -0.1) is 0 Å². The van der Waals surface area contributed by atoms with Crippen molar-refractivity contribution in [3.05, 3.63) is 35.2 Å². The Bertz CT molecular complexity index is 1250. The molecule has 198 valence electrons. The third-order valence-electron chi connectivity index (χ3n) is 8.09. The van der Waals surface area contributed by atoms with Gasteiger partial charge in [0.15, 0.2) is 5.82 Å². The molecule has 1 amide bonds. The molecule has 2 saturated heterocycles. The predicted octanol–water partition coefficient (Wildman–Crippen LogP) is 2.27. The Morgan fingerprint density at radius 3 is 2.95 bits per heavy atom. The third-order valence-corrected chi connectivity index (χ3v) is 8.09. The Morgan fingerprint density at radius 1 is 1.18 bits per heavy atom. The van der Waals surface area contributed by atoms with Crippen LogP contribution >= 0.6 is 0 Å². The standard InChI is InChI=1S/C27H35BN8O2/c1-3-4-7-33-9-6-21-13-24(32-36(21)17-25(33)37)31-23-12-20-16-34(8-5-19(20)14-29-23)22-15-30-27-26(18(22)2)35(28)10-11-38-27/h12,14-15,21H,3-11,13,16-17H2,1-2H3,(H,29,31,32). The Balaban J connectivity index is 1.16. The van der Waals surface area contributed by atoms with Crippen LogP contribution in [0.15, 0.2) is 23.5 Å². The first-order chi connectivity index (χ1) is 18.5. The number of carbonyl (C=O) groups is 1. The number of ether oxygens (including phenoxy) is 1. The van der Waals surface area contributed by atoms with Crippen LogP contribution in [0.5, 0.6) is 5.88 Å². The van der Waals surface area contributed by atoms with Gasteiger partial charge < -0.3 is 24.8 Å². The van der Waals surface area contributed by atoms with Crippen molar-refractivity contribution in [3.8, 4) is 5.88 Å². The van der Waals surface area contributed by atoms with Crippen LogP contribution in [0, 0.1) is 6.92 Å². The Hall–Kier alpha value is -3.34. The molecule has 2 aromatic rings.